The standard InChI is InChI=1S/C15H22O3Si/c1-17-11-10-14(18-19(2,3)4)12-15(16)13-8-6-5-7-9-13/h5-9,12H,10-11H2,1-4H3/b14-12-. The fraction of sp³-hybridized carbons (Fsp3) is 0.400. The largest absolute Gasteiger partial charge is 0.547 e. The van der Waals surface area contributed by atoms with Gasteiger partial charge in [-0.2, -0.15) is 0 Å². The normalized spacial score (nSPS) is 12.3. The second kappa shape index (κ2) is 7.26. The second-order valence-corrected chi connectivity index (χ2v) is 9.73. The summed E-state index contributed by atoms with van der Waals surface area (Å²) in [6.45, 7) is 6.85. The maximum atomic E-state index is 12.1. The summed E-state index contributed by atoms with van der Waals surface area (Å²) in [5.41, 5.74) is 0.677. The van der Waals surface area contributed by atoms with E-state index in [-0.39, 0.29) is 5.78 Å². The summed E-state index contributed by atoms with van der Waals surface area (Å²) in [6.07, 6.45) is 2.21. The minimum absolute atomic E-state index is 0.0232. The van der Waals surface area contributed by atoms with Gasteiger partial charge in [0.25, 0.3) is 0 Å². The molecule has 0 radical (unpaired) electrons. The van der Waals surface area contributed by atoms with Gasteiger partial charge in [-0.05, 0) is 19.6 Å². The molecule has 104 valence electrons. The van der Waals surface area contributed by atoms with Gasteiger partial charge in [0.15, 0.2) is 5.78 Å². The van der Waals surface area contributed by atoms with Crippen molar-refractivity contribution in [1.82, 2.24) is 0 Å². The molecule has 0 aliphatic heterocycles. The average Bonchev–Trinajstić information content (AvgIpc) is 2.35. The van der Waals surface area contributed by atoms with Crippen LogP contribution in [0.1, 0.15) is 16.8 Å². The number of rotatable bonds is 7. The molecule has 0 aliphatic rings. The van der Waals surface area contributed by atoms with Gasteiger partial charge in [-0.15, -0.1) is 0 Å². The summed E-state index contributed by atoms with van der Waals surface area (Å²) in [7, 11) is -0.0701. The Labute approximate surface area is 116 Å². The summed E-state index contributed by atoms with van der Waals surface area (Å²) in [5, 5.41) is 0. The number of ketones is 1. The number of carbonyl (C=O) groups is 1. The van der Waals surface area contributed by atoms with Crippen LogP contribution in [0.25, 0.3) is 0 Å². The number of benzene rings is 1. The predicted octanol–water partition coefficient (Wildman–Crippen LogP) is 3.64. The Kier molecular flexibility index (Phi) is 5.98. The highest BCUT2D eigenvalue weighted by molar-refractivity contribution is 6.70. The summed E-state index contributed by atoms with van der Waals surface area (Å²) >= 11 is 0. The summed E-state index contributed by atoms with van der Waals surface area (Å²) < 4.78 is 11.0. The topological polar surface area (TPSA) is 35.5 Å². The quantitative estimate of drug-likeness (QED) is 0.330. The van der Waals surface area contributed by atoms with E-state index in [1.54, 1.807) is 25.3 Å². The molecule has 0 aliphatic carbocycles. The summed E-state index contributed by atoms with van der Waals surface area (Å²) in [5.74, 6) is 0.694. The highest BCUT2D eigenvalue weighted by Gasteiger charge is 2.18. The lowest BCUT2D eigenvalue weighted by Gasteiger charge is -2.21. The first-order valence-electron chi connectivity index (χ1n) is 6.40. The third kappa shape index (κ3) is 6.36. The minimum Gasteiger partial charge on any atom is -0.547 e. The molecule has 0 fully saturated rings. The van der Waals surface area contributed by atoms with E-state index in [1.807, 2.05) is 18.2 Å². The molecule has 19 heavy (non-hydrogen) atoms. The molecule has 0 aromatic heterocycles. The lowest BCUT2D eigenvalue weighted by Crippen LogP contribution is -2.25. The molecule has 0 bridgehead atoms. The molecule has 0 amide bonds. The number of ether oxygens (including phenoxy) is 1. The predicted molar refractivity (Wildman–Crippen MR) is 79.8 cm³/mol. The number of methoxy groups -OCH3 is 1. The first kappa shape index (κ1) is 15.7. The van der Waals surface area contributed by atoms with Crippen molar-refractivity contribution in [2.24, 2.45) is 0 Å². The Bertz CT molecular complexity index is 432. The Morgan fingerprint density at radius 1 is 1.21 bits per heavy atom. The van der Waals surface area contributed by atoms with Crippen LogP contribution in [0.15, 0.2) is 42.2 Å². The van der Waals surface area contributed by atoms with Crippen LogP contribution < -0.4 is 0 Å². The molecule has 0 spiro atoms. The van der Waals surface area contributed by atoms with E-state index in [0.29, 0.717) is 18.6 Å². The van der Waals surface area contributed by atoms with Crippen molar-refractivity contribution >= 4 is 14.1 Å². The maximum Gasteiger partial charge on any atom is 0.241 e. The molecule has 0 saturated carbocycles. The van der Waals surface area contributed by atoms with Crippen LogP contribution in [-0.4, -0.2) is 27.8 Å². The van der Waals surface area contributed by atoms with Crippen molar-refractivity contribution in [3.8, 4) is 0 Å². The van der Waals surface area contributed by atoms with Crippen LogP contribution in [0, 0.1) is 0 Å². The van der Waals surface area contributed by atoms with E-state index in [2.05, 4.69) is 19.6 Å². The van der Waals surface area contributed by atoms with E-state index in [9.17, 15) is 4.79 Å². The Morgan fingerprint density at radius 3 is 2.37 bits per heavy atom. The molecule has 4 heteroatoms. The lowest BCUT2D eigenvalue weighted by atomic mass is 10.1. The maximum absolute atomic E-state index is 12.1. The highest BCUT2D eigenvalue weighted by Crippen LogP contribution is 2.15. The van der Waals surface area contributed by atoms with E-state index < -0.39 is 8.32 Å². The number of hydrogen-bond donors (Lipinski definition) is 0. The Morgan fingerprint density at radius 2 is 1.84 bits per heavy atom. The first-order valence-corrected chi connectivity index (χ1v) is 9.81. The van der Waals surface area contributed by atoms with Crippen molar-refractivity contribution in [3.05, 3.63) is 47.7 Å². The van der Waals surface area contributed by atoms with Crippen LogP contribution in [0.2, 0.25) is 19.6 Å². The van der Waals surface area contributed by atoms with Gasteiger partial charge in [0.1, 0.15) is 0 Å². The molecule has 0 saturated heterocycles. The minimum atomic E-state index is -1.71. The SMILES string of the molecule is COCC/C(=C/C(=O)c1ccccc1)O[Si](C)(C)C. The van der Waals surface area contributed by atoms with E-state index in [4.69, 9.17) is 9.16 Å². The highest BCUT2D eigenvalue weighted by atomic mass is 28.4. The molecule has 0 heterocycles. The smallest absolute Gasteiger partial charge is 0.241 e. The lowest BCUT2D eigenvalue weighted by molar-refractivity contribution is 0.104. The van der Waals surface area contributed by atoms with Gasteiger partial charge >= 0.3 is 0 Å². The molecular formula is C15H22O3Si. The zero-order valence-corrected chi connectivity index (χ0v) is 13.1. The number of allylic oxidation sites excluding steroid dienone is 1. The molecule has 0 N–H and O–H groups in total. The number of carbonyl (C=O) groups excluding carboxylic acids is 1. The second-order valence-electron chi connectivity index (χ2n) is 5.30. The monoisotopic (exact) mass is 278 g/mol. The van der Waals surface area contributed by atoms with Gasteiger partial charge < -0.3 is 9.16 Å². The Hall–Kier alpha value is -1.39. The third-order valence-electron chi connectivity index (χ3n) is 2.34. The molecular weight excluding hydrogens is 256 g/mol. The van der Waals surface area contributed by atoms with Crippen LogP contribution in [-0.2, 0) is 9.16 Å². The first-order chi connectivity index (χ1) is 8.92. The van der Waals surface area contributed by atoms with Crippen molar-refractivity contribution in [1.29, 1.82) is 0 Å². The van der Waals surface area contributed by atoms with Crippen LogP contribution >= 0.6 is 0 Å². The number of hydrogen-bond acceptors (Lipinski definition) is 3. The van der Waals surface area contributed by atoms with E-state index in [0.717, 1.165) is 5.76 Å². The third-order valence-corrected chi connectivity index (χ3v) is 3.21. The zero-order chi connectivity index (χ0) is 14.3. The van der Waals surface area contributed by atoms with E-state index >= 15 is 0 Å². The van der Waals surface area contributed by atoms with Gasteiger partial charge in [-0.25, -0.2) is 0 Å². The molecule has 1 aromatic rings. The molecule has 1 aromatic carbocycles. The van der Waals surface area contributed by atoms with Gasteiger partial charge in [0.05, 0.1) is 12.4 Å². The van der Waals surface area contributed by atoms with Gasteiger partial charge in [0.2, 0.25) is 8.32 Å². The summed E-state index contributed by atoms with van der Waals surface area (Å²) in [6, 6.07) is 9.22. The molecule has 1 rings (SSSR count). The van der Waals surface area contributed by atoms with Crippen molar-refractivity contribution in [2.45, 2.75) is 26.1 Å². The fourth-order valence-corrected chi connectivity index (χ4v) is 2.53. The molecule has 3 nitrogen and oxygen atoms in total. The Balaban J connectivity index is 2.84. The van der Waals surface area contributed by atoms with Crippen molar-refractivity contribution in [3.63, 3.8) is 0 Å². The van der Waals surface area contributed by atoms with Crippen LogP contribution in [0.5, 0.6) is 0 Å². The molecule has 0 unspecified atom stereocenters. The fourth-order valence-electron chi connectivity index (χ4n) is 1.58. The van der Waals surface area contributed by atoms with E-state index in [1.165, 1.54) is 0 Å². The molecule has 0 atom stereocenters. The zero-order valence-electron chi connectivity index (χ0n) is 12.1. The summed E-state index contributed by atoms with van der Waals surface area (Å²) in [4.78, 5) is 12.1. The van der Waals surface area contributed by atoms with Crippen LogP contribution in [0.4, 0.5) is 0 Å². The van der Waals surface area contributed by atoms with Crippen LogP contribution in [0.3, 0.4) is 0 Å². The van der Waals surface area contributed by atoms with Gasteiger partial charge in [-0.1, -0.05) is 30.3 Å². The van der Waals surface area contributed by atoms with Crippen molar-refractivity contribution in [2.75, 3.05) is 13.7 Å². The van der Waals surface area contributed by atoms with Crippen molar-refractivity contribution < 1.29 is 14.0 Å². The average molecular weight is 278 g/mol. The van der Waals surface area contributed by atoms with Gasteiger partial charge in [0, 0.05) is 25.2 Å². The van der Waals surface area contributed by atoms with Gasteiger partial charge in [-0.3, -0.25) is 4.79 Å².